The lowest BCUT2D eigenvalue weighted by Gasteiger charge is -2.35. The number of benzene rings is 3. The molecule has 0 aliphatic carbocycles. The molecule has 0 radical (unpaired) electrons. The first-order chi connectivity index (χ1) is 17.5. The Bertz CT molecular complexity index is 1380. The van der Waals surface area contributed by atoms with Gasteiger partial charge in [-0.2, -0.15) is 0 Å². The van der Waals surface area contributed by atoms with Crippen molar-refractivity contribution in [3.8, 4) is 5.75 Å². The average Bonchev–Trinajstić information content (AvgIpc) is 2.89. The minimum Gasteiger partial charge on any atom is -0.485 e. The van der Waals surface area contributed by atoms with Gasteiger partial charge in [0.25, 0.3) is 5.91 Å². The van der Waals surface area contributed by atoms with Crippen molar-refractivity contribution >= 4 is 45.7 Å². The molecule has 0 saturated carbocycles. The number of pyridine rings is 1. The Morgan fingerprint density at radius 3 is 2.42 bits per heavy atom. The first-order valence-corrected chi connectivity index (χ1v) is 12.5. The van der Waals surface area contributed by atoms with Gasteiger partial charge in [-0.15, -0.1) is 0 Å². The zero-order valence-corrected chi connectivity index (χ0v) is 21.2. The van der Waals surface area contributed by atoms with E-state index in [2.05, 4.69) is 52.3 Å². The van der Waals surface area contributed by atoms with Crippen LogP contribution in [0.5, 0.6) is 5.75 Å². The Labute approximate surface area is 220 Å². The van der Waals surface area contributed by atoms with Gasteiger partial charge < -0.3 is 15.4 Å². The molecular weight excluding hydrogens is 495 g/mol. The van der Waals surface area contributed by atoms with Crippen LogP contribution in [0.1, 0.15) is 21.5 Å². The maximum atomic E-state index is 13.2. The highest BCUT2D eigenvalue weighted by Crippen LogP contribution is 2.28. The van der Waals surface area contributed by atoms with Gasteiger partial charge in [0.15, 0.2) is 11.6 Å². The van der Waals surface area contributed by atoms with Crippen molar-refractivity contribution in [2.75, 3.05) is 31.9 Å². The largest absolute Gasteiger partial charge is 0.485 e. The summed E-state index contributed by atoms with van der Waals surface area (Å²) in [7, 11) is 0. The number of nitrogens with zero attached hydrogens (tertiary/aromatic N) is 3. The lowest BCUT2D eigenvalue weighted by atomic mass is 10.0. The number of carbonyl (C=O) groups excluding carboxylic acids is 1. The number of ether oxygens (including phenoxy) is 1. The number of rotatable bonds is 6. The minimum absolute atomic E-state index is 0.0899. The van der Waals surface area contributed by atoms with Crippen molar-refractivity contribution in [1.29, 1.82) is 0 Å². The molecule has 0 unspecified atom stereocenters. The number of nitrogens with two attached hydrogens (primary N) is 1. The van der Waals surface area contributed by atoms with Crippen molar-refractivity contribution in [3.63, 3.8) is 0 Å². The van der Waals surface area contributed by atoms with Gasteiger partial charge in [-0.25, -0.2) is 4.98 Å². The highest BCUT2D eigenvalue weighted by molar-refractivity contribution is 6.35. The van der Waals surface area contributed by atoms with Crippen LogP contribution in [-0.2, 0) is 13.2 Å². The number of amides is 1. The molecule has 2 heterocycles. The molecule has 6 nitrogen and oxygen atoms in total. The molecule has 2 N–H and O–H groups in total. The molecule has 1 aliphatic heterocycles. The Morgan fingerprint density at radius 1 is 0.944 bits per heavy atom. The van der Waals surface area contributed by atoms with E-state index in [-0.39, 0.29) is 18.3 Å². The second kappa shape index (κ2) is 10.7. The van der Waals surface area contributed by atoms with Crippen molar-refractivity contribution in [2.24, 2.45) is 0 Å². The third-order valence-electron chi connectivity index (χ3n) is 6.50. The van der Waals surface area contributed by atoms with Crippen LogP contribution in [0, 0.1) is 0 Å². The second-order valence-corrected chi connectivity index (χ2v) is 9.62. The van der Waals surface area contributed by atoms with Crippen LogP contribution in [0.25, 0.3) is 10.8 Å². The van der Waals surface area contributed by atoms with Crippen LogP contribution in [0.2, 0.25) is 10.0 Å². The van der Waals surface area contributed by atoms with E-state index in [1.807, 2.05) is 4.90 Å². The van der Waals surface area contributed by atoms with E-state index < -0.39 is 0 Å². The number of piperazine rings is 1. The first kappa shape index (κ1) is 24.4. The maximum absolute atomic E-state index is 13.2. The quantitative estimate of drug-likeness (QED) is 0.355. The van der Waals surface area contributed by atoms with E-state index in [9.17, 15) is 4.79 Å². The second-order valence-electron chi connectivity index (χ2n) is 8.80. The van der Waals surface area contributed by atoms with Crippen molar-refractivity contribution in [2.45, 2.75) is 13.2 Å². The van der Waals surface area contributed by atoms with Crippen molar-refractivity contribution in [3.05, 3.63) is 99.7 Å². The van der Waals surface area contributed by atoms with E-state index in [0.29, 0.717) is 40.0 Å². The summed E-state index contributed by atoms with van der Waals surface area (Å²) in [5, 5.41) is 3.52. The number of nitrogen functional groups attached to an aromatic ring is 1. The predicted molar refractivity (Wildman–Crippen MR) is 145 cm³/mol. The summed E-state index contributed by atoms with van der Waals surface area (Å²) in [6, 6.07) is 21.7. The number of anilines is 1. The molecular formula is C28H26Cl2N4O2. The lowest BCUT2D eigenvalue weighted by Crippen LogP contribution is -2.48. The fraction of sp³-hybridized carbons (Fsp3) is 0.214. The van der Waals surface area contributed by atoms with E-state index in [0.717, 1.165) is 19.6 Å². The van der Waals surface area contributed by atoms with Crippen molar-refractivity contribution < 1.29 is 9.53 Å². The molecule has 1 fully saturated rings. The van der Waals surface area contributed by atoms with Crippen LogP contribution in [0.3, 0.4) is 0 Å². The average molecular weight is 521 g/mol. The number of hydrogen-bond acceptors (Lipinski definition) is 5. The fourth-order valence-electron chi connectivity index (χ4n) is 4.47. The molecule has 1 aliphatic rings. The van der Waals surface area contributed by atoms with Gasteiger partial charge >= 0.3 is 0 Å². The number of hydrogen-bond donors (Lipinski definition) is 1. The van der Waals surface area contributed by atoms with Crippen LogP contribution < -0.4 is 10.5 Å². The summed E-state index contributed by atoms with van der Waals surface area (Å²) < 4.78 is 5.85. The lowest BCUT2D eigenvalue weighted by molar-refractivity contribution is 0.0628. The molecule has 5 rings (SSSR count). The van der Waals surface area contributed by atoms with Crippen LogP contribution in [0.15, 0.2) is 72.9 Å². The summed E-state index contributed by atoms with van der Waals surface area (Å²) >= 11 is 12.5. The van der Waals surface area contributed by atoms with E-state index in [4.69, 9.17) is 33.7 Å². The smallest absolute Gasteiger partial charge is 0.255 e. The summed E-state index contributed by atoms with van der Waals surface area (Å²) in [5.41, 5.74) is 8.40. The highest BCUT2D eigenvalue weighted by Gasteiger charge is 2.23. The van der Waals surface area contributed by atoms with E-state index >= 15 is 0 Å². The molecule has 1 aromatic heterocycles. The summed E-state index contributed by atoms with van der Waals surface area (Å²) in [6.07, 6.45) is 1.50. The van der Waals surface area contributed by atoms with Crippen LogP contribution >= 0.6 is 23.2 Å². The third kappa shape index (κ3) is 5.26. The molecule has 184 valence electrons. The standard InChI is InChI=1S/C28H26Cl2N4O2/c29-24-9-4-10-25(30)23(24)18-36-26-15-21(16-32-27(26)31)28(35)34-13-11-33(12-14-34)17-20-7-3-6-19-5-1-2-8-22(19)20/h1-10,15-16H,11-14,17-18H2,(H2,31,32). The molecule has 0 spiro atoms. The Balaban J connectivity index is 1.22. The number of aromatic nitrogens is 1. The molecule has 8 heteroatoms. The highest BCUT2D eigenvalue weighted by atomic mass is 35.5. The number of carbonyl (C=O) groups is 1. The molecule has 0 bridgehead atoms. The predicted octanol–water partition coefficient (Wildman–Crippen LogP) is 5.66. The fourth-order valence-corrected chi connectivity index (χ4v) is 4.98. The van der Waals surface area contributed by atoms with Gasteiger partial charge in [0.05, 0.1) is 5.56 Å². The summed E-state index contributed by atoms with van der Waals surface area (Å²) in [5.74, 6) is 0.439. The van der Waals surface area contributed by atoms with E-state index in [1.165, 1.54) is 22.5 Å². The molecule has 1 amide bonds. The number of halogens is 2. The summed E-state index contributed by atoms with van der Waals surface area (Å²) in [6.45, 7) is 3.85. The minimum atomic E-state index is -0.0899. The van der Waals surface area contributed by atoms with E-state index in [1.54, 1.807) is 24.3 Å². The molecule has 4 aromatic rings. The molecule has 0 atom stereocenters. The Hall–Kier alpha value is -3.32. The molecule has 36 heavy (non-hydrogen) atoms. The Kier molecular flexibility index (Phi) is 7.28. The SMILES string of the molecule is Nc1ncc(C(=O)N2CCN(Cc3cccc4ccccc34)CC2)cc1OCc1c(Cl)cccc1Cl. The van der Waals surface area contributed by atoms with Crippen molar-refractivity contribution in [1.82, 2.24) is 14.8 Å². The normalized spacial score (nSPS) is 14.2. The molecule has 1 saturated heterocycles. The van der Waals surface area contributed by atoms with Gasteiger partial charge in [-0.05, 0) is 34.5 Å². The Morgan fingerprint density at radius 2 is 1.64 bits per heavy atom. The third-order valence-corrected chi connectivity index (χ3v) is 7.20. The molecule has 3 aromatic carbocycles. The van der Waals surface area contributed by atoms with Crippen LogP contribution in [-0.4, -0.2) is 46.9 Å². The topological polar surface area (TPSA) is 71.7 Å². The van der Waals surface area contributed by atoms with Crippen LogP contribution in [0.4, 0.5) is 5.82 Å². The first-order valence-electron chi connectivity index (χ1n) is 11.8. The maximum Gasteiger partial charge on any atom is 0.255 e. The van der Waals surface area contributed by atoms with Gasteiger partial charge in [0.2, 0.25) is 0 Å². The summed E-state index contributed by atoms with van der Waals surface area (Å²) in [4.78, 5) is 21.6. The van der Waals surface area contributed by atoms with Gasteiger partial charge in [-0.1, -0.05) is 71.7 Å². The zero-order valence-electron chi connectivity index (χ0n) is 19.7. The van der Waals surface area contributed by atoms with Gasteiger partial charge in [-0.3, -0.25) is 9.69 Å². The zero-order chi connectivity index (χ0) is 25.1. The van der Waals surface area contributed by atoms with Gasteiger partial charge in [0.1, 0.15) is 6.61 Å². The monoisotopic (exact) mass is 520 g/mol. The van der Waals surface area contributed by atoms with Gasteiger partial charge in [0, 0.05) is 54.5 Å². The number of fused-ring (bicyclic) bond motifs is 1.